The summed E-state index contributed by atoms with van der Waals surface area (Å²) in [4.78, 5) is 43.6. The van der Waals surface area contributed by atoms with E-state index in [1.54, 1.807) is 0 Å². The van der Waals surface area contributed by atoms with Crippen molar-refractivity contribution in [1.29, 1.82) is 0 Å². The topological polar surface area (TPSA) is 75.1 Å². The number of carbonyl (C=O) groups excluding carboxylic acids is 1. The number of amides is 2. The fourth-order valence-electron chi connectivity index (χ4n) is 14.6. The zero-order chi connectivity index (χ0) is 49.8. The van der Waals surface area contributed by atoms with Gasteiger partial charge in [0.15, 0.2) is 0 Å². The summed E-state index contributed by atoms with van der Waals surface area (Å²) in [7, 11) is 0. The molecule has 0 saturated carbocycles. The van der Waals surface area contributed by atoms with Gasteiger partial charge in [0, 0.05) is 49.9 Å². The van der Waals surface area contributed by atoms with Crippen molar-refractivity contribution < 1.29 is 4.79 Å². The Labute approximate surface area is 424 Å². The molecule has 13 rings (SSSR count). The second kappa shape index (κ2) is 15.3. The molecule has 2 amide bonds. The summed E-state index contributed by atoms with van der Waals surface area (Å²) >= 11 is 0. The fraction of sp³-hybridized carbons (Fsp3) is 0.254. The van der Waals surface area contributed by atoms with E-state index >= 15 is 4.79 Å². The second-order valence-corrected chi connectivity index (χ2v) is 23.7. The Kier molecular flexibility index (Phi) is 9.48. The highest BCUT2D eigenvalue weighted by atomic mass is 16.2. The summed E-state index contributed by atoms with van der Waals surface area (Å²) in [5.74, 6) is 0. The molecule has 7 nitrogen and oxygen atoms in total. The van der Waals surface area contributed by atoms with E-state index in [1.165, 1.54) is 27.5 Å². The summed E-state index contributed by atoms with van der Waals surface area (Å²) in [5, 5.41) is 2.29. The number of fused-ring (bicyclic) bond motifs is 2. The minimum atomic E-state index is -0.370. The molecule has 0 radical (unpaired) electrons. The maximum Gasteiger partial charge on any atom is 0.337 e. The largest absolute Gasteiger partial charge is 0.337 e. The Morgan fingerprint density at radius 2 is 0.722 bits per heavy atom. The molecule has 2 aliphatic carbocycles. The van der Waals surface area contributed by atoms with Crippen LogP contribution >= 0.6 is 0 Å². The zero-order valence-electron chi connectivity index (χ0n) is 43.0. The van der Waals surface area contributed by atoms with Gasteiger partial charge in [0.05, 0.1) is 45.6 Å². The number of aryl methyl sites for hydroxylation is 2. The van der Waals surface area contributed by atoms with E-state index in [9.17, 15) is 0 Å². The van der Waals surface area contributed by atoms with Crippen molar-refractivity contribution in [3.8, 4) is 45.0 Å². The van der Waals surface area contributed by atoms with E-state index in [-0.39, 0.29) is 41.1 Å². The van der Waals surface area contributed by atoms with Gasteiger partial charge in [-0.15, -0.1) is 0 Å². The van der Waals surface area contributed by atoms with Crippen molar-refractivity contribution in [1.82, 2.24) is 19.9 Å². The van der Waals surface area contributed by atoms with Gasteiger partial charge in [-0.05, 0) is 77.1 Å². The lowest BCUT2D eigenvalue weighted by molar-refractivity contribution is 0.248. The van der Waals surface area contributed by atoms with Crippen LogP contribution in [0.25, 0.3) is 55.8 Å². The number of allylic oxidation sites excluding steroid dienone is 4. The molecule has 0 unspecified atom stereocenters. The van der Waals surface area contributed by atoms with Crippen molar-refractivity contribution in [2.75, 3.05) is 9.80 Å². The molecule has 6 aromatic carbocycles. The summed E-state index contributed by atoms with van der Waals surface area (Å²) in [6.07, 6.45) is 1.73. The van der Waals surface area contributed by atoms with Gasteiger partial charge in [-0.3, -0.25) is 9.80 Å². The predicted molar refractivity (Wildman–Crippen MR) is 298 cm³/mol. The molecule has 8 aromatic rings. The first-order valence-corrected chi connectivity index (χ1v) is 25.7. The third kappa shape index (κ3) is 6.41. The Bertz CT molecular complexity index is 3340. The van der Waals surface area contributed by atoms with Gasteiger partial charge in [0.2, 0.25) is 0 Å². The van der Waals surface area contributed by atoms with Crippen LogP contribution in [0.15, 0.2) is 168 Å². The zero-order valence-corrected chi connectivity index (χ0v) is 43.0. The molecule has 0 atom stereocenters. The Morgan fingerprint density at radius 1 is 0.417 bits per heavy atom. The maximum absolute atomic E-state index is 16.8. The summed E-state index contributed by atoms with van der Waals surface area (Å²) in [5.41, 5.74) is 18.8. The first kappa shape index (κ1) is 44.6. The lowest BCUT2D eigenvalue weighted by atomic mass is 9.33. The number of hydrogen-bond acceptors (Lipinski definition) is 5. The van der Waals surface area contributed by atoms with Gasteiger partial charge in [0.1, 0.15) is 0 Å². The van der Waals surface area contributed by atoms with Crippen LogP contribution in [0.4, 0.5) is 16.2 Å². The molecule has 2 aromatic heterocycles. The fourth-order valence-corrected chi connectivity index (χ4v) is 14.6. The van der Waals surface area contributed by atoms with E-state index < -0.39 is 0 Å². The SMILES string of the molecule is Cc1cc2c3c4c5c(cc(C)c14)B(c1nc(-c4ccccc4)cc(-c4ccccc4)n1)C1=C(N5C(=O)N3C3=C(B2c2nc(-c4ccccc4)cc(-c4ccccc4)n2)C(C)(C)CC3(C)C)C(C)(C)CC1(C)C. The third-order valence-corrected chi connectivity index (χ3v) is 16.6. The van der Waals surface area contributed by atoms with Gasteiger partial charge < -0.3 is 0 Å². The highest BCUT2D eigenvalue weighted by molar-refractivity contribution is 6.93. The van der Waals surface area contributed by atoms with Crippen molar-refractivity contribution in [2.45, 2.75) is 82.1 Å². The minimum Gasteiger partial charge on any atom is -0.266 e. The molecule has 5 heterocycles. The average molecular weight is 937 g/mol. The van der Waals surface area contributed by atoms with Crippen LogP contribution in [-0.2, 0) is 0 Å². The smallest absolute Gasteiger partial charge is 0.266 e. The molecule has 0 saturated heterocycles. The quantitative estimate of drug-likeness (QED) is 0.155. The van der Waals surface area contributed by atoms with E-state index in [0.29, 0.717) is 0 Å². The van der Waals surface area contributed by atoms with E-state index in [4.69, 9.17) is 19.9 Å². The van der Waals surface area contributed by atoms with Crippen molar-refractivity contribution >= 4 is 64.0 Å². The first-order valence-electron chi connectivity index (χ1n) is 25.7. The summed E-state index contributed by atoms with van der Waals surface area (Å²) in [6.45, 7) is 22.7. The van der Waals surface area contributed by atoms with E-state index in [2.05, 4.69) is 225 Å². The molecule has 5 aliphatic rings. The highest BCUT2D eigenvalue weighted by Crippen LogP contribution is 2.63. The van der Waals surface area contributed by atoms with Crippen LogP contribution < -0.4 is 32.2 Å². The average Bonchev–Trinajstić information content (AvgIpc) is 3.69. The van der Waals surface area contributed by atoms with Crippen LogP contribution in [0.3, 0.4) is 0 Å². The first-order chi connectivity index (χ1) is 34.4. The van der Waals surface area contributed by atoms with Gasteiger partial charge in [-0.1, -0.05) is 200 Å². The molecular formula is C63H58B2N6O. The maximum atomic E-state index is 16.8. The molecular weight excluding hydrogens is 878 g/mol. The lowest BCUT2D eigenvalue weighted by Gasteiger charge is -2.50. The molecule has 0 N–H and O–H groups in total. The van der Waals surface area contributed by atoms with Crippen molar-refractivity contribution in [3.63, 3.8) is 0 Å². The number of nitrogens with zero attached hydrogens (tertiary/aromatic N) is 6. The summed E-state index contributed by atoms with van der Waals surface area (Å²) in [6, 6.07) is 50.9. The highest BCUT2D eigenvalue weighted by Gasteiger charge is 2.62. The number of hydrogen-bond donors (Lipinski definition) is 0. The number of anilines is 2. The second-order valence-electron chi connectivity index (χ2n) is 23.7. The standard InChI is InChI=1S/C63H58B2N6O/c1-37-31-43-51-50-49(37)38(2)32-44-52(50)71(56-54(61(5,6)36-63(56,9)10)65(44)58-68-47(41-27-19-13-20-28-41)34-48(69-58)42-29-21-14-22-30-42)59(72)70(51)55-53(60(3,4)35-62(55,7)8)64(43)57-66-45(39-23-15-11-16-24-39)33-46(67-57)40-25-17-12-18-26-40/h11-34H,35-36H2,1-10H3. The van der Waals surface area contributed by atoms with Gasteiger partial charge in [-0.25, -0.2) is 24.7 Å². The minimum absolute atomic E-state index is 0.0136. The van der Waals surface area contributed by atoms with Crippen molar-refractivity contribution in [2.24, 2.45) is 21.7 Å². The Balaban J connectivity index is 1.16. The number of benzene rings is 6. The normalized spacial score (nSPS) is 18.6. The summed E-state index contributed by atoms with van der Waals surface area (Å²) < 4.78 is 0. The molecule has 352 valence electrons. The number of aromatic nitrogens is 4. The number of rotatable bonds is 6. The molecule has 3 aliphatic heterocycles. The van der Waals surface area contributed by atoms with Gasteiger partial charge in [0.25, 0.3) is 13.4 Å². The molecule has 9 heteroatoms. The molecule has 0 bridgehead atoms. The van der Waals surface area contributed by atoms with Gasteiger partial charge in [-0.2, -0.15) is 0 Å². The Hall–Kier alpha value is -7.38. The monoisotopic (exact) mass is 936 g/mol. The van der Waals surface area contributed by atoms with Crippen LogP contribution in [0.5, 0.6) is 0 Å². The third-order valence-electron chi connectivity index (χ3n) is 16.6. The van der Waals surface area contributed by atoms with Crippen LogP contribution in [0.1, 0.15) is 79.4 Å². The van der Waals surface area contributed by atoms with Crippen LogP contribution in [-0.4, -0.2) is 39.4 Å². The molecule has 0 fully saturated rings. The van der Waals surface area contributed by atoms with E-state index in [0.717, 1.165) is 108 Å². The number of urea groups is 1. The molecule has 0 spiro atoms. The van der Waals surface area contributed by atoms with Crippen LogP contribution in [0, 0.1) is 35.5 Å². The number of carbonyl (C=O) groups is 1. The Morgan fingerprint density at radius 3 is 1.03 bits per heavy atom. The van der Waals surface area contributed by atoms with E-state index in [1.807, 2.05) is 0 Å². The van der Waals surface area contributed by atoms with Crippen molar-refractivity contribution in [3.05, 3.63) is 179 Å². The van der Waals surface area contributed by atoms with Crippen LogP contribution in [0.2, 0.25) is 0 Å². The predicted octanol–water partition coefficient (Wildman–Crippen LogP) is 12.2. The van der Waals surface area contributed by atoms with Gasteiger partial charge >= 0.3 is 6.03 Å². The lowest BCUT2D eigenvalue weighted by Crippen LogP contribution is -2.63. The molecule has 72 heavy (non-hydrogen) atoms.